The molecule has 2 fully saturated rings. The number of amides is 2. The summed E-state index contributed by atoms with van der Waals surface area (Å²) in [5.74, 6) is -0.765. The van der Waals surface area contributed by atoms with E-state index in [2.05, 4.69) is 5.32 Å². The van der Waals surface area contributed by atoms with E-state index in [0.29, 0.717) is 13.1 Å². The molecule has 2 N–H and O–H groups in total. The highest BCUT2D eigenvalue weighted by molar-refractivity contribution is 5.83. The number of carbonyl (C=O) groups excluding carboxylic acids is 3. The van der Waals surface area contributed by atoms with Crippen LogP contribution in [0.5, 0.6) is 0 Å². The molecule has 2 atom stereocenters. The number of nitrogens with one attached hydrogen (secondary N) is 1. The second-order valence-electron chi connectivity index (χ2n) is 8.23. The number of esters is 1. The van der Waals surface area contributed by atoms with Crippen molar-refractivity contribution in [3.05, 3.63) is 0 Å². The normalized spacial score (nSPS) is 22.5. The van der Waals surface area contributed by atoms with E-state index in [9.17, 15) is 19.5 Å². The number of rotatable bonds is 5. The molecule has 1 saturated carbocycles. The first-order chi connectivity index (χ1) is 12.1. The minimum Gasteiger partial charge on any atom is -0.467 e. The first kappa shape index (κ1) is 20.5. The van der Waals surface area contributed by atoms with Gasteiger partial charge in [-0.2, -0.15) is 0 Å². The molecule has 0 aromatic heterocycles. The molecule has 26 heavy (non-hydrogen) atoms. The molecule has 0 bridgehead atoms. The van der Waals surface area contributed by atoms with Crippen molar-refractivity contribution in [2.75, 3.05) is 20.2 Å². The van der Waals surface area contributed by atoms with Gasteiger partial charge in [-0.1, -0.05) is 0 Å². The standard InChI is InChI=1S/C18H30N2O6/c1-17(2,3)26-16(24)19-12(15(23)25-4)5-6-14(22)20-10-9-18(7-8-18)13(21)11-20/h12-13,21H,5-11H2,1-4H3,(H,19,24)/t12-,13+/m0/s1. The van der Waals surface area contributed by atoms with Gasteiger partial charge in [-0.3, -0.25) is 4.79 Å². The predicted octanol–water partition coefficient (Wildman–Crippen LogP) is 1.21. The van der Waals surface area contributed by atoms with Crippen molar-refractivity contribution in [3.8, 4) is 0 Å². The molecule has 8 heteroatoms. The van der Waals surface area contributed by atoms with E-state index in [1.165, 1.54) is 7.11 Å². The van der Waals surface area contributed by atoms with Gasteiger partial charge in [0.25, 0.3) is 0 Å². The minimum absolute atomic E-state index is 0.0314. The molecule has 0 aromatic rings. The van der Waals surface area contributed by atoms with Gasteiger partial charge in [0.2, 0.25) is 5.91 Å². The summed E-state index contributed by atoms with van der Waals surface area (Å²) in [4.78, 5) is 37.8. The summed E-state index contributed by atoms with van der Waals surface area (Å²) >= 11 is 0. The number of aliphatic hydroxyl groups is 1. The first-order valence-corrected chi connectivity index (χ1v) is 9.09. The van der Waals surface area contributed by atoms with E-state index in [0.717, 1.165) is 19.3 Å². The quantitative estimate of drug-likeness (QED) is 0.705. The van der Waals surface area contributed by atoms with E-state index < -0.39 is 29.8 Å². The van der Waals surface area contributed by atoms with Gasteiger partial charge in [0.1, 0.15) is 11.6 Å². The van der Waals surface area contributed by atoms with Crippen LogP contribution in [0, 0.1) is 5.41 Å². The van der Waals surface area contributed by atoms with Crippen molar-refractivity contribution in [1.29, 1.82) is 0 Å². The molecule has 8 nitrogen and oxygen atoms in total. The average Bonchev–Trinajstić information content (AvgIpc) is 3.32. The van der Waals surface area contributed by atoms with Gasteiger partial charge in [0.05, 0.1) is 13.2 Å². The average molecular weight is 370 g/mol. The van der Waals surface area contributed by atoms with Crippen LogP contribution in [0.15, 0.2) is 0 Å². The largest absolute Gasteiger partial charge is 0.467 e. The van der Waals surface area contributed by atoms with Crippen molar-refractivity contribution in [2.45, 2.75) is 70.6 Å². The number of hydrogen-bond acceptors (Lipinski definition) is 6. The second-order valence-corrected chi connectivity index (χ2v) is 8.23. The molecule has 0 aromatic carbocycles. The number of methoxy groups -OCH3 is 1. The summed E-state index contributed by atoms with van der Waals surface area (Å²) < 4.78 is 9.84. The van der Waals surface area contributed by atoms with E-state index in [-0.39, 0.29) is 24.2 Å². The van der Waals surface area contributed by atoms with Crippen LogP contribution in [-0.4, -0.2) is 65.9 Å². The van der Waals surface area contributed by atoms with Crippen LogP contribution in [-0.2, 0) is 19.1 Å². The summed E-state index contributed by atoms with van der Waals surface area (Å²) in [5.41, 5.74) is -0.660. The highest BCUT2D eigenvalue weighted by Gasteiger charge is 2.51. The fourth-order valence-electron chi connectivity index (χ4n) is 3.26. The SMILES string of the molecule is COC(=O)[C@H](CCC(=O)N1CCC2(CC2)[C@H](O)C1)NC(=O)OC(C)(C)C. The topological polar surface area (TPSA) is 105 Å². The lowest BCUT2D eigenvalue weighted by atomic mass is 9.90. The molecular weight excluding hydrogens is 340 g/mol. The maximum atomic E-state index is 12.4. The van der Waals surface area contributed by atoms with Crippen LogP contribution in [0.3, 0.4) is 0 Å². The van der Waals surface area contributed by atoms with Crippen molar-refractivity contribution in [3.63, 3.8) is 0 Å². The molecule has 1 spiro atoms. The third kappa shape index (κ3) is 5.33. The number of carbonyl (C=O) groups is 3. The number of likely N-dealkylation sites (tertiary alicyclic amines) is 1. The molecule has 2 amide bonds. The smallest absolute Gasteiger partial charge is 0.408 e. The number of aliphatic hydroxyl groups excluding tert-OH is 1. The molecule has 1 heterocycles. The number of nitrogens with zero attached hydrogens (tertiary/aromatic N) is 1. The zero-order chi connectivity index (χ0) is 19.5. The summed E-state index contributed by atoms with van der Waals surface area (Å²) in [7, 11) is 1.23. The Bertz CT molecular complexity index is 552. The van der Waals surface area contributed by atoms with Crippen LogP contribution in [0.4, 0.5) is 4.79 Å². The van der Waals surface area contributed by atoms with Crippen molar-refractivity contribution < 1.29 is 29.0 Å². The van der Waals surface area contributed by atoms with E-state index in [1.54, 1.807) is 25.7 Å². The van der Waals surface area contributed by atoms with Crippen LogP contribution >= 0.6 is 0 Å². The van der Waals surface area contributed by atoms with Gasteiger partial charge in [-0.25, -0.2) is 9.59 Å². The fraction of sp³-hybridized carbons (Fsp3) is 0.833. The maximum Gasteiger partial charge on any atom is 0.408 e. The Morgan fingerprint density at radius 3 is 2.42 bits per heavy atom. The fourth-order valence-corrected chi connectivity index (χ4v) is 3.26. The molecule has 148 valence electrons. The Morgan fingerprint density at radius 2 is 1.92 bits per heavy atom. The van der Waals surface area contributed by atoms with Gasteiger partial charge in [0, 0.05) is 19.5 Å². The monoisotopic (exact) mass is 370 g/mol. The lowest BCUT2D eigenvalue weighted by molar-refractivity contribution is -0.143. The highest BCUT2D eigenvalue weighted by atomic mass is 16.6. The summed E-state index contributed by atoms with van der Waals surface area (Å²) in [6.07, 6.45) is 1.86. The zero-order valence-electron chi connectivity index (χ0n) is 16.0. The van der Waals surface area contributed by atoms with E-state index in [4.69, 9.17) is 9.47 Å². The number of ether oxygens (including phenoxy) is 2. The Kier molecular flexibility index (Phi) is 6.16. The Labute approximate surface area is 154 Å². The lowest BCUT2D eigenvalue weighted by Crippen LogP contribution is -2.48. The van der Waals surface area contributed by atoms with E-state index >= 15 is 0 Å². The van der Waals surface area contributed by atoms with Gasteiger partial charge in [-0.05, 0) is 51.9 Å². The number of piperidine rings is 1. The molecule has 2 aliphatic rings. The summed E-state index contributed by atoms with van der Waals surface area (Å²) in [6.45, 7) is 6.12. The van der Waals surface area contributed by atoms with Crippen LogP contribution in [0.25, 0.3) is 0 Å². The zero-order valence-corrected chi connectivity index (χ0v) is 16.0. The number of β-amino-alcohol motifs (C(OH)–C–C–N with tert-alkyl or cyclic N) is 1. The highest BCUT2D eigenvalue weighted by Crippen LogP contribution is 2.53. The van der Waals surface area contributed by atoms with Crippen LogP contribution in [0.1, 0.15) is 52.9 Å². The molecule has 2 rings (SSSR count). The number of hydrogen-bond donors (Lipinski definition) is 2. The van der Waals surface area contributed by atoms with Crippen molar-refractivity contribution >= 4 is 18.0 Å². The third-order valence-electron chi connectivity index (χ3n) is 5.05. The second kappa shape index (κ2) is 7.82. The van der Waals surface area contributed by atoms with Crippen LogP contribution in [0.2, 0.25) is 0 Å². The maximum absolute atomic E-state index is 12.4. The molecule has 1 saturated heterocycles. The Balaban J connectivity index is 1.85. The summed E-state index contributed by atoms with van der Waals surface area (Å²) in [5, 5.41) is 12.7. The van der Waals surface area contributed by atoms with Gasteiger partial charge in [-0.15, -0.1) is 0 Å². The lowest BCUT2D eigenvalue weighted by Gasteiger charge is -2.36. The molecule has 0 radical (unpaired) electrons. The van der Waals surface area contributed by atoms with Crippen LogP contribution < -0.4 is 5.32 Å². The van der Waals surface area contributed by atoms with Gasteiger partial charge in [0.15, 0.2) is 0 Å². The molecule has 0 unspecified atom stereocenters. The Morgan fingerprint density at radius 1 is 1.27 bits per heavy atom. The predicted molar refractivity (Wildman–Crippen MR) is 93.3 cm³/mol. The summed E-state index contributed by atoms with van der Waals surface area (Å²) in [6, 6.07) is -0.955. The first-order valence-electron chi connectivity index (χ1n) is 9.09. The van der Waals surface area contributed by atoms with Crippen molar-refractivity contribution in [2.24, 2.45) is 5.41 Å². The molecular formula is C18H30N2O6. The number of alkyl carbamates (subject to hydrolysis) is 1. The van der Waals surface area contributed by atoms with Crippen molar-refractivity contribution in [1.82, 2.24) is 10.2 Å². The Hall–Kier alpha value is -1.83. The van der Waals surface area contributed by atoms with E-state index in [1.807, 2.05) is 0 Å². The van der Waals surface area contributed by atoms with Gasteiger partial charge < -0.3 is 24.8 Å². The molecule has 1 aliphatic heterocycles. The van der Waals surface area contributed by atoms with Gasteiger partial charge >= 0.3 is 12.1 Å². The third-order valence-corrected chi connectivity index (χ3v) is 5.05. The molecule has 1 aliphatic carbocycles. The minimum atomic E-state index is -0.955.